The predicted molar refractivity (Wildman–Crippen MR) is 77.1 cm³/mol. The summed E-state index contributed by atoms with van der Waals surface area (Å²) in [6.07, 6.45) is 0. The van der Waals surface area contributed by atoms with E-state index in [4.69, 9.17) is 16.7 Å². The summed E-state index contributed by atoms with van der Waals surface area (Å²) in [4.78, 5) is 11.0. The van der Waals surface area contributed by atoms with Gasteiger partial charge in [-0.2, -0.15) is 5.10 Å². The molecule has 0 aliphatic heterocycles. The number of aromatic nitrogens is 3. The first-order valence-corrected chi connectivity index (χ1v) is 6.38. The Morgan fingerprint density at radius 2 is 2.00 bits per heavy atom. The maximum Gasteiger partial charge on any atom is 0.356 e. The molecule has 3 aromatic rings. The van der Waals surface area contributed by atoms with E-state index in [1.165, 1.54) is 0 Å². The molecule has 0 amide bonds. The van der Waals surface area contributed by atoms with E-state index in [0.29, 0.717) is 5.02 Å². The van der Waals surface area contributed by atoms with Crippen molar-refractivity contribution in [2.24, 2.45) is 14.1 Å². The standard InChI is InChI=1S/C14H12ClN3O2/c1-17-11(6-8-4-3-5-9(15)13(8)17)12-7-10(14(19)20)16-18(12)2/h3-7H,1-2H3,(H,19,20). The van der Waals surface area contributed by atoms with E-state index in [0.717, 1.165) is 22.3 Å². The summed E-state index contributed by atoms with van der Waals surface area (Å²) >= 11 is 6.22. The summed E-state index contributed by atoms with van der Waals surface area (Å²) in [6.45, 7) is 0. The molecule has 0 bridgehead atoms. The number of rotatable bonds is 2. The number of aromatic carboxylic acids is 1. The summed E-state index contributed by atoms with van der Waals surface area (Å²) in [5.74, 6) is -1.04. The van der Waals surface area contributed by atoms with Crippen LogP contribution >= 0.6 is 11.6 Å². The molecule has 0 spiro atoms. The molecule has 3 rings (SSSR count). The third-order valence-electron chi connectivity index (χ3n) is 3.37. The molecule has 2 heterocycles. The lowest BCUT2D eigenvalue weighted by Gasteiger charge is -2.05. The van der Waals surface area contributed by atoms with Gasteiger partial charge in [0.15, 0.2) is 5.69 Å². The fourth-order valence-corrected chi connectivity index (χ4v) is 2.73. The second-order valence-electron chi connectivity index (χ2n) is 4.61. The summed E-state index contributed by atoms with van der Waals surface area (Å²) in [6, 6.07) is 9.23. The van der Waals surface area contributed by atoms with Gasteiger partial charge in [0.05, 0.1) is 21.9 Å². The molecule has 0 atom stereocenters. The lowest BCUT2D eigenvalue weighted by Crippen LogP contribution is -2.00. The zero-order valence-electron chi connectivity index (χ0n) is 11.0. The number of benzene rings is 1. The van der Waals surface area contributed by atoms with Gasteiger partial charge in [-0.15, -0.1) is 0 Å². The second-order valence-corrected chi connectivity index (χ2v) is 5.02. The molecular weight excluding hydrogens is 278 g/mol. The topological polar surface area (TPSA) is 60.1 Å². The van der Waals surface area contributed by atoms with Gasteiger partial charge in [-0.25, -0.2) is 4.79 Å². The fraction of sp³-hybridized carbons (Fsp3) is 0.143. The van der Waals surface area contributed by atoms with Gasteiger partial charge in [0.25, 0.3) is 0 Å². The number of carboxylic acid groups (broad SMARTS) is 1. The number of carboxylic acids is 1. The van der Waals surface area contributed by atoms with E-state index in [1.54, 1.807) is 17.8 Å². The number of carbonyl (C=O) groups is 1. The molecule has 0 aliphatic rings. The molecule has 2 aromatic heterocycles. The minimum Gasteiger partial charge on any atom is -0.476 e. The van der Waals surface area contributed by atoms with Crippen LogP contribution in [0.25, 0.3) is 22.3 Å². The van der Waals surface area contributed by atoms with Crippen molar-refractivity contribution < 1.29 is 9.90 Å². The minimum atomic E-state index is -1.04. The van der Waals surface area contributed by atoms with Crippen LogP contribution in [0.4, 0.5) is 0 Å². The van der Waals surface area contributed by atoms with Crippen LogP contribution in [-0.4, -0.2) is 25.4 Å². The van der Waals surface area contributed by atoms with Crippen LogP contribution < -0.4 is 0 Å². The lowest BCUT2D eigenvalue weighted by molar-refractivity contribution is 0.0689. The lowest BCUT2D eigenvalue weighted by atomic mass is 10.2. The van der Waals surface area contributed by atoms with Crippen LogP contribution in [-0.2, 0) is 14.1 Å². The molecule has 0 fully saturated rings. The number of hydrogen-bond acceptors (Lipinski definition) is 2. The van der Waals surface area contributed by atoms with Gasteiger partial charge in [-0.3, -0.25) is 4.68 Å². The van der Waals surface area contributed by atoms with Crippen LogP contribution in [0.5, 0.6) is 0 Å². The molecule has 0 radical (unpaired) electrons. The summed E-state index contributed by atoms with van der Waals surface area (Å²) in [5, 5.41) is 14.7. The van der Waals surface area contributed by atoms with Gasteiger partial charge in [0, 0.05) is 25.5 Å². The molecule has 0 saturated carbocycles. The Hall–Kier alpha value is -2.27. The van der Waals surface area contributed by atoms with Gasteiger partial charge in [0.1, 0.15) is 0 Å². The monoisotopic (exact) mass is 289 g/mol. The highest BCUT2D eigenvalue weighted by Crippen LogP contribution is 2.31. The molecule has 0 unspecified atom stereocenters. The number of nitrogens with zero attached hydrogens (tertiary/aromatic N) is 3. The maximum absolute atomic E-state index is 11.0. The summed E-state index contributed by atoms with van der Waals surface area (Å²) in [5.41, 5.74) is 2.55. The highest BCUT2D eigenvalue weighted by atomic mass is 35.5. The number of halogens is 1. The number of fused-ring (bicyclic) bond motifs is 1. The van der Waals surface area contributed by atoms with Crippen molar-refractivity contribution in [1.29, 1.82) is 0 Å². The highest BCUT2D eigenvalue weighted by Gasteiger charge is 2.17. The zero-order valence-corrected chi connectivity index (χ0v) is 11.7. The van der Waals surface area contributed by atoms with Gasteiger partial charge in [0.2, 0.25) is 0 Å². The Morgan fingerprint density at radius 3 is 2.60 bits per heavy atom. The van der Waals surface area contributed by atoms with E-state index in [1.807, 2.05) is 35.9 Å². The second kappa shape index (κ2) is 4.38. The Kier molecular flexibility index (Phi) is 2.79. The van der Waals surface area contributed by atoms with Crippen LogP contribution in [0.2, 0.25) is 5.02 Å². The van der Waals surface area contributed by atoms with Crippen LogP contribution in [0.1, 0.15) is 10.5 Å². The highest BCUT2D eigenvalue weighted by molar-refractivity contribution is 6.35. The number of para-hydroxylation sites is 1. The van der Waals surface area contributed by atoms with Crippen LogP contribution in [0.3, 0.4) is 0 Å². The van der Waals surface area contributed by atoms with Crippen molar-refractivity contribution in [2.45, 2.75) is 0 Å². The van der Waals surface area contributed by atoms with E-state index < -0.39 is 5.97 Å². The first kappa shape index (κ1) is 12.7. The third-order valence-corrected chi connectivity index (χ3v) is 3.67. The normalized spacial score (nSPS) is 11.2. The minimum absolute atomic E-state index is 0.0267. The SMILES string of the molecule is Cn1nc(C(=O)O)cc1-c1cc2cccc(Cl)c2n1C. The number of hydrogen-bond donors (Lipinski definition) is 1. The van der Waals surface area contributed by atoms with Crippen molar-refractivity contribution in [3.63, 3.8) is 0 Å². The molecule has 5 nitrogen and oxygen atoms in total. The third kappa shape index (κ3) is 1.78. The van der Waals surface area contributed by atoms with Crippen molar-refractivity contribution >= 4 is 28.5 Å². The van der Waals surface area contributed by atoms with E-state index >= 15 is 0 Å². The Labute approximate surface area is 120 Å². The van der Waals surface area contributed by atoms with Gasteiger partial charge in [-0.05, 0) is 12.1 Å². The Morgan fingerprint density at radius 1 is 1.25 bits per heavy atom. The fourth-order valence-electron chi connectivity index (χ4n) is 2.42. The van der Waals surface area contributed by atoms with Crippen LogP contribution in [0.15, 0.2) is 30.3 Å². The van der Waals surface area contributed by atoms with E-state index in [9.17, 15) is 4.79 Å². The quantitative estimate of drug-likeness (QED) is 0.789. The maximum atomic E-state index is 11.0. The number of aryl methyl sites for hydroxylation is 2. The average Bonchev–Trinajstić information content (AvgIpc) is 2.92. The molecule has 6 heteroatoms. The van der Waals surface area contributed by atoms with E-state index in [-0.39, 0.29) is 5.69 Å². The molecule has 0 saturated heterocycles. The zero-order chi connectivity index (χ0) is 14.4. The molecule has 0 aliphatic carbocycles. The molecular formula is C14H12ClN3O2. The van der Waals surface area contributed by atoms with Crippen molar-refractivity contribution in [2.75, 3.05) is 0 Å². The molecule has 1 N–H and O–H groups in total. The van der Waals surface area contributed by atoms with Crippen molar-refractivity contribution in [3.05, 3.63) is 41.0 Å². The summed E-state index contributed by atoms with van der Waals surface area (Å²) in [7, 11) is 3.62. The summed E-state index contributed by atoms with van der Waals surface area (Å²) < 4.78 is 3.51. The van der Waals surface area contributed by atoms with E-state index in [2.05, 4.69) is 5.10 Å². The largest absolute Gasteiger partial charge is 0.476 e. The first-order valence-electron chi connectivity index (χ1n) is 6.00. The van der Waals surface area contributed by atoms with Crippen molar-refractivity contribution in [3.8, 4) is 11.4 Å². The van der Waals surface area contributed by atoms with Gasteiger partial charge >= 0.3 is 5.97 Å². The van der Waals surface area contributed by atoms with Crippen molar-refractivity contribution in [1.82, 2.24) is 14.3 Å². The molecule has 20 heavy (non-hydrogen) atoms. The van der Waals surface area contributed by atoms with Crippen LogP contribution in [0, 0.1) is 0 Å². The first-order chi connectivity index (χ1) is 9.49. The van der Waals surface area contributed by atoms with Gasteiger partial charge in [-0.1, -0.05) is 23.7 Å². The molecule has 102 valence electrons. The average molecular weight is 290 g/mol. The Balaban J connectivity index is 2.27. The predicted octanol–water partition coefficient (Wildman–Crippen LogP) is 2.93. The smallest absolute Gasteiger partial charge is 0.356 e. The van der Waals surface area contributed by atoms with Gasteiger partial charge < -0.3 is 9.67 Å². The molecule has 1 aromatic carbocycles. The Bertz CT molecular complexity index is 832.